The summed E-state index contributed by atoms with van der Waals surface area (Å²) >= 11 is 6.19. The molecule has 1 aromatic carbocycles. The molecule has 0 N–H and O–H groups in total. The van der Waals surface area contributed by atoms with E-state index in [-0.39, 0.29) is 5.41 Å². The van der Waals surface area contributed by atoms with Crippen molar-refractivity contribution in [1.82, 2.24) is 5.01 Å². The number of morpholine rings is 1. The Balaban J connectivity index is 2.00. The number of hydrazine groups is 1. The van der Waals surface area contributed by atoms with Crippen molar-refractivity contribution in [2.75, 3.05) is 32.9 Å². The lowest BCUT2D eigenvalue weighted by molar-refractivity contribution is -0.897. The summed E-state index contributed by atoms with van der Waals surface area (Å²) < 4.78 is 5.51. The third kappa shape index (κ3) is 4.94. The summed E-state index contributed by atoms with van der Waals surface area (Å²) in [4.78, 5) is 8.03. The van der Waals surface area contributed by atoms with Crippen LogP contribution in [0.1, 0.15) is 39.2 Å². The number of hydrogen-bond acceptors (Lipinski definition) is 3. The Morgan fingerprint density at radius 1 is 1.30 bits per heavy atom. The fourth-order valence-corrected chi connectivity index (χ4v) is 3.94. The van der Waals surface area contributed by atoms with E-state index >= 15 is 0 Å². The summed E-state index contributed by atoms with van der Waals surface area (Å²) in [6.45, 7) is 14.8. The van der Waals surface area contributed by atoms with E-state index in [1.165, 1.54) is 11.3 Å². The molecule has 1 aliphatic heterocycles. The molecule has 0 radical (unpaired) electrons. The molecule has 3 rings (SSSR count). The first-order valence-corrected chi connectivity index (χ1v) is 10.0. The van der Waals surface area contributed by atoms with E-state index in [0.29, 0.717) is 6.61 Å². The van der Waals surface area contributed by atoms with Crippen molar-refractivity contribution in [2.45, 2.75) is 33.6 Å². The predicted molar refractivity (Wildman–Crippen MR) is 111 cm³/mol. The van der Waals surface area contributed by atoms with Crippen LogP contribution in [0.2, 0.25) is 5.02 Å². The van der Waals surface area contributed by atoms with Crippen molar-refractivity contribution in [3.63, 3.8) is 0 Å². The normalized spacial score (nSPS) is 21.5. The van der Waals surface area contributed by atoms with E-state index in [4.69, 9.17) is 21.2 Å². The van der Waals surface area contributed by atoms with Crippen LogP contribution in [0.5, 0.6) is 0 Å². The molecule has 1 heterocycles. The van der Waals surface area contributed by atoms with Gasteiger partial charge in [-0.3, -0.25) is 0 Å². The molecule has 1 aliphatic carbocycles. The number of hydrogen-bond donors (Lipinski definition) is 0. The Morgan fingerprint density at radius 3 is 2.70 bits per heavy atom. The van der Waals surface area contributed by atoms with Crippen LogP contribution >= 0.6 is 11.6 Å². The van der Waals surface area contributed by atoms with Crippen LogP contribution < -0.4 is 0 Å². The zero-order chi connectivity index (χ0) is 19.4. The van der Waals surface area contributed by atoms with Gasteiger partial charge in [-0.15, -0.1) is 5.01 Å². The summed E-state index contributed by atoms with van der Waals surface area (Å²) in [5.41, 5.74) is 4.64. The summed E-state index contributed by atoms with van der Waals surface area (Å²) in [5, 5.41) is 2.97. The Hall–Kier alpha value is -1.78. The molecule has 4 nitrogen and oxygen atoms in total. The largest absolute Gasteiger partial charge is 0.377 e. The van der Waals surface area contributed by atoms with Gasteiger partial charge in [0.05, 0.1) is 18.1 Å². The number of allylic oxidation sites excluding steroid dienone is 3. The molecular weight excluding hydrogens is 360 g/mol. The topological polar surface area (TPSA) is 24.7 Å². The van der Waals surface area contributed by atoms with E-state index in [1.807, 2.05) is 30.0 Å². The van der Waals surface area contributed by atoms with Gasteiger partial charge < -0.3 is 4.74 Å². The van der Waals surface area contributed by atoms with Gasteiger partial charge >= 0.3 is 0 Å². The number of rotatable bonds is 5. The minimum Gasteiger partial charge on any atom is -0.377 e. The maximum atomic E-state index is 6.19. The molecule has 0 spiro atoms. The molecule has 2 aliphatic rings. The second-order valence-electron chi connectivity index (χ2n) is 7.92. The van der Waals surface area contributed by atoms with Crippen molar-refractivity contribution in [3.8, 4) is 0 Å². The third-order valence-corrected chi connectivity index (χ3v) is 5.21. The standard InChI is InChI=1S/C22H30ClN2O2/c1-5-27-25(24-9-11-26-12-10-24)21-14-19(15-22(3,4)16-21)17(2)18-7-6-8-20(23)13-18/h6-8,13-14H,2,5,9-12,15-16H2,1,3-4H3/q+1/b25-21-. The highest BCUT2D eigenvalue weighted by atomic mass is 35.5. The van der Waals surface area contributed by atoms with Crippen molar-refractivity contribution in [3.05, 3.63) is 53.1 Å². The molecule has 0 saturated carbocycles. The second kappa shape index (κ2) is 8.49. The van der Waals surface area contributed by atoms with Crippen molar-refractivity contribution >= 4 is 22.9 Å². The average molecular weight is 390 g/mol. The van der Waals surface area contributed by atoms with Gasteiger partial charge in [-0.1, -0.05) is 44.2 Å². The molecule has 1 fully saturated rings. The van der Waals surface area contributed by atoms with Crippen molar-refractivity contribution < 1.29 is 14.4 Å². The van der Waals surface area contributed by atoms with Gasteiger partial charge in [0, 0.05) is 17.5 Å². The fourth-order valence-electron chi connectivity index (χ4n) is 3.75. The van der Waals surface area contributed by atoms with Crippen LogP contribution in [0.25, 0.3) is 5.57 Å². The van der Waals surface area contributed by atoms with Crippen LogP contribution in [0.3, 0.4) is 0 Å². The summed E-state index contributed by atoms with van der Waals surface area (Å²) in [5.74, 6) is 0. The smallest absolute Gasteiger partial charge is 0.264 e. The van der Waals surface area contributed by atoms with Crippen LogP contribution in [0.15, 0.2) is 42.5 Å². The average Bonchev–Trinajstić information content (AvgIpc) is 2.65. The Bertz CT molecular complexity index is 761. The maximum absolute atomic E-state index is 6.19. The fraction of sp³-hybridized carbons (Fsp3) is 0.500. The van der Waals surface area contributed by atoms with Crippen molar-refractivity contribution in [2.24, 2.45) is 5.41 Å². The van der Waals surface area contributed by atoms with Gasteiger partial charge in [0.25, 0.3) is 5.71 Å². The number of ether oxygens (including phenoxy) is 1. The molecular formula is C22H30ClN2O2+. The van der Waals surface area contributed by atoms with Crippen LogP contribution in [0.4, 0.5) is 0 Å². The zero-order valence-electron chi connectivity index (χ0n) is 16.6. The van der Waals surface area contributed by atoms with Crippen LogP contribution in [-0.4, -0.2) is 48.5 Å². The van der Waals surface area contributed by atoms with Gasteiger partial charge in [-0.2, -0.15) is 0 Å². The highest BCUT2D eigenvalue weighted by Gasteiger charge is 2.36. The molecule has 5 heteroatoms. The molecule has 0 atom stereocenters. The third-order valence-electron chi connectivity index (χ3n) is 4.97. The van der Waals surface area contributed by atoms with Gasteiger partial charge in [0.15, 0.2) is 6.61 Å². The molecule has 0 amide bonds. The highest BCUT2D eigenvalue weighted by Crippen LogP contribution is 2.39. The lowest BCUT2D eigenvalue weighted by atomic mass is 9.74. The van der Waals surface area contributed by atoms with Gasteiger partial charge in [-0.05, 0) is 47.6 Å². The predicted octanol–water partition coefficient (Wildman–Crippen LogP) is 4.75. The SMILES string of the molecule is C=C(C1=C/C(=[N+](/OCC)N2CCOCC2)CC(C)(C)C1)c1cccc(Cl)c1. The highest BCUT2D eigenvalue weighted by molar-refractivity contribution is 6.30. The number of halogens is 1. The molecule has 1 aromatic rings. The molecule has 146 valence electrons. The summed E-state index contributed by atoms with van der Waals surface area (Å²) in [6, 6.07) is 7.92. The molecule has 1 saturated heterocycles. The van der Waals surface area contributed by atoms with Crippen LogP contribution in [0, 0.1) is 5.41 Å². The number of nitrogens with zero attached hydrogens (tertiary/aromatic N) is 2. The molecule has 0 aromatic heterocycles. The Morgan fingerprint density at radius 2 is 2.04 bits per heavy atom. The first-order valence-electron chi connectivity index (χ1n) is 9.67. The zero-order valence-corrected chi connectivity index (χ0v) is 17.4. The lowest BCUT2D eigenvalue weighted by Crippen LogP contribution is -2.47. The second-order valence-corrected chi connectivity index (χ2v) is 8.36. The number of hydrazone groups is 1. The molecule has 27 heavy (non-hydrogen) atoms. The maximum Gasteiger partial charge on any atom is 0.264 e. The molecule has 0 bridgehead atoms. The van der Waals surface area contributed by atoms with E-state index in [1.54, 1.807) is 0 Å². The lowest BCUT2D eigenvalue weighted by Gasteiger charge is -2.31. The Labute approximate surface area is 167 Å². The number of benzene rings is 1. The van der Waals surface area contributed by atoms with E-state index in [0.717, 1.165) is 55.3 Å². The first-order chi connectivity index (χ1) is 12.9. The monoisotopic (exact) mass is 389 g/mol. The van der Waals surface area contributed by atoms with Gasteiger partial charge in [0.2, 0.25) is 0 Å². The van der Waals surface area contributed by atoms with E-state index in [9.17, 15) is 0 Å². The van der Waals surface area contributed by atoms with Gasteiger partial charge in [-0.25, -0.2) is 4.84 Å². The minimum atomic E-state index is 0.128. The van der Waals surface area contributed by atoms with Crippen molar-refractivity contribution in [1.29, 1.82) is 0 Å². The summed E-state index contributed by atoms with van der Waals surface area (Å²) in [7, 11) is 0. The first kappa shape index (κ1) is 20.0. The van der Waals surface area contributed by atoms with E-state index in [2.05, 4.69) is 37.6 Å². The summed E-state index contributed by atoms with van der Waals surface area (Å²) in [6.07, 6.45) is 4.18. The Kier molecular flexibility index (Phi) is 6.28. The van der Waals surface area contributed by atoms with Gasteiger partial charge in [0.1, 0.15) is 13.1 Å². The molecule has 0 unspecified atom stereocenters. The quantitative estimate of drug-likeness (QED) is 0.536. The minimum absolute atomic E-state index is 0.128. The van der Waals surface area contributed by atoms with Crippen LogP contribution in [-0.2, 0) is 9.57 Å². The van der Waals surface area contributed by atoms with E-state index < -0.39 is 0 Å².